The van der Waals surface area contributed by atoms with Gasteiger partial charge in [-0.1, -0.05) is 48.0 Å². The van der Waals surface area contributed by atoms with E-state index in [-0.39, 0.29) is 18.3 Å². The Balaban J connectivity index is 1.65. The van der Waals surface area contributed by atoms with Crippen LogP contribution >= 0.6 is 0 Å². The summed E-state index contributed by atoms with van der Waals surface area (Å²) >= 11 is 0. The molecule has 0 bridgehead atoms. The maximum absolute atomic E-state index is 13.7. The number of hydrazone groups is 1. The van der Waals surface area contributed by atoms with E-state index in [0.29, 0.717) is 22.4 Å². The van der Waals surface area contributed by atoms with Crippen molar-refractivity contribution in [3.8, 4) is 5.75 Å². The Morgan fingerprint density at radius 2 is 1.74 bits per heavy atom. The highest BCUT2D eigenvalue weighted by Crippen LogP contribution is 2.18. The van der Waals surface area contributed by atoms with Crippen molar-refractivity contribution in [1.82, 2.24) is 5.43 Å². The van der Waals surface area contributed by atoms with E-state index in [0.717, 1.165) is 5.56 Å². The fourth-order valence-corrected chi connectivity index (χ4v) is 2.42. The summed E-state index contributed by atoms with van der Waals surface area (Å²) in [7, 11) is 0. The summed E-state index contributed by atoms with van der Waals surface area (Å²) in [6, 6.07) is 20.9. The zero-order chi connectivity index (χ0) is 19.1. The van der Waals surface area contributed by atoms with Crippen molar-refractivity contribution in [3.63, 3.8) is 0 Å². The Morgan fingerprint density at radius 1 is 1.04 bits per heavy atom. The molecule has 0 heterocycles. The first-order valence-electron chi connectivity index (χ1n) is 8.49. The largest absolute Gasteiger partial charge is 0.488 e. The number of nitrogens with zero attached hydrogens (tertiary/aromatic N) is 1. The molecule has 0 saturated heterocycles. The molecular weight excluding hydrogens is 343 g/mol. The molecule has 0 aliphatic rings. The summed E-state index contributed by atoms with van der Waals surface area (Å²) in [4.78, 5) is 12.1. The lowest BCUT2D eigenvalue weighted by molar-refractivity contribution is 0.0955. The predicted octanol–water partition coefficient (Wildman–Crippen LogP) is 4.48. The molecule has 0 saturated carbocycles. The molecule has 0 spiro atoms. The number of ether oxygens (including phenoxy) is 1. The Kier molecular flexibility index (Phi) is 5.94. The van der Waals surface area contributed by atoms with Gasteiger partial charge >= 0.3 is 0 Å². The van der Waals surface area contributed by atoms with Crippen LogP contribution in [0.3, 0.4) is 0 Å². The lowest BCUT2D eigenvalue weighted by Gasteiger charge is -2.09. The molecule has 0 unspecified atom stereocenters. The molecule has 3 rings (SSSR count). The van der Waals surface area contributed by atoms with Crippen molar-refractivity contribution in [3.05, 3.63) is 101 Å². The van der Waals surface area contributed by atoms with Gasteiger partial charge in [-0.2, -0.15) is 5.10 Å². The normalized spacial score (nSPS) is 10.7. The molecule has 0 aromatic heterocycles. The van der Waals surface area contributed by atoms with Crippen molar-refractivity contribution >= 4 is 12.1 Å². The molecule has 5 heteroatoms. The summed E-state index contributed by atoms with van der Waals surface area (Å²) in [5, 5.41) is 3.99. The summed E-state index contributed by atoms with van der Waals surface area (Å²) in [6.07, 6.45) is 1.50. The van der Waals surface area contributed by atoms with Crippen LogP contribution in [0.5, 0.6) is 5.75 Å². The first-order chi connectivity index (χ1) is 13.1. The lowest BCUT2D eigenvalue weighted by atomic mass is 10.1. The molecule has 0 fully saturated rings. The first-order valence-corrected chi connectivity index (χ1v) is 8.49. The number of rotatable bonds is 6. The number of amides is 1. The molecule has 27 heavy (non-hydrogen) atoms. The standard InChI is InChI=1S/C22H19FN2O2/c1-16-10-12-17(13-11-16)22(26)25-24-14-18-6-3-5-9-21(18)27-15-19-7-2-4-8-20(19)23/h2-14H,15H2,1H3,(H,25,26)/b24-14+. The average molecular weight is 362 g/mol. The van der Waals surface area contributed by atoms with Crippen LogP contribution < -0.4 is 10.2 Å². The minimum absolute atomic E-state index is 0.104. The van der Waals surface area contributed by atoms with Gasteiger partial charge in [-0.05, 0) is 37.3 Å². The minimum atomic E-state index is -0.311. The number of hydrogen-bond acceptors (Lipinski definition) is 3. The molecule has 136 valence electrons. The second kappa shape index (κ2) is 8.76. The van der Waals surface area contributed by atoms with Crippen LogP contribution in [0.4, 0.5) is 4.39 Å². The van der Waals surface area contributed by atoms with Crippen LogP contribution in [0.2, 0.25) is 0 Å². The number of hydrogen-bond donors (Lipinski definition) is 1. The summed E-state index contributed by atoms with van der Waals surface area (Å²) in [6.45, 7) is 2.06. The van der Waals surface area contributed by atoms with E-state index in [2.05, 4.69) is 10.5 Å². The molecule has 4 nitrogen and oxygen atoms in total. The molecule has 0 aliphatic heterocycles. The number of carbonyl (C=O) groups is 1. The van der Waals surface area contributed by atoms with Gasteiger partial charge in [0.15, 0.2) is 0 Å². The smallest absolute Gasteiger partial charge is 0.271 e. The molecule has 0 atom stereocenters. The lowest BCUT2D eigenvalue weighted by Crippen LogP contribution is -2.17. The van der Waals surface area contributed by atoms with E-state index in [9.17, 15) is 9.18 Å². The third-order valence-corrected chi connectivity index (χ3v) is 3.94. The van der Waals surface area contributed by atoms with Gasteiger partial charge in [-0.15, -0.1) is 0 Å². The monoisotopic (exact) mass is 362 g/mol. The van der Waals surface area contributed by atoms with E-state index < -0.39 is 0 Å². The zero-order valence-corrected chi connectivity index (χ0v) is 14.9. The van der Waals surface area contributed by atoms with Gasteiger partial charge in [0.1, 0.15) is 18.2 Å². The zero-order valence-electron chi connectivity index (χ0n) is 14.9. The third kappa shape index (κ3) is 5.01. The van der Waals surface area contributed by atoms with Gasteiger partial charge in [-0.3, -0.25) is 4.79 Å². The van der Waals surface area contributed by atoms with Gasteiger partial charge in [0, 0.05) is 16.7 Å². The van der Waals surface area contributed by atoms with Crippen LogP contribution in [-0.4, -0.2) is 12.1 Å². The van der Waals surface area contributed by atoms with E-state index in [1.54, 1.807) is 42.5 Å². The van der Waals surface area contributed by atoms with Crippen LogP contribution in [0.1, 0.15) is 27.0 Å². The molecule has 0 radical (unpaired) electrons. The fraction of sp³-hybridized carbons (Fsp3) is 0.0909. The molecule has 0 aliphatic carbocycles. The summed E-state index contributed by atoms with van der Waals surface area (Å²) < 4.78 is 19.4. The highest BCUT2D eigenvalue weighted by Gasteiger charge is 2.06. The van der Waals surface area contributed by atoms with Crippen molar-refractivity contribution < 1.29 is 13.9 Å². The molecule has 3 aromatic rings. The molecule has 1 N–H and O–H groups in total. The number of nitrogens with one attached hydrogen (secondary N) is 1. The van der Waals surface area contributed by atoms with Crippen molar-refractivity contribution in [2.45, 2.75) is 13.5 Å². The van der Waals surface area contributed by atoms with Crippen molar-refractivity contribution in [1.29, 1.82) is 0 Å². The summed E-state index contributed by atoms with van der Waals surface area (Å²) in [5.74, 6) is -0.0564. The van der Waals surface area contributed by atoms with E-state index in [4.69, 9.17) is 4.74 Å². The molecule has 1 amide bonds. The van der Waals surface area contributed by atoms with Gasteiger partial charge in [0.25, 0.3) is 5.91 Å². The fourth-order valence-electron chi connectivity index (χ4n) is 2.42. The number of benzene rings is 3. The number of para-hydroxylation sites is 1. The third-order valence-electron chi connectivity index (χ3n) is 3.94. The van der Waals surface area contributed by atoms with Crippen LogP contribution in [-0.2, 0) is 6.61 Å². The van der Waals surface area contributed by atoms with Crippen molar-refractivity contribution in [2.24, 2.45) is 5.10 Å². The molecular formula is C22H19FN2O2. The Bertz CT molecular complexity index is 953. The SMILES string of the molecule is Cc1ccc(C(=O)N/N=C/c2ccccc2OCc2ccccc2F)cc1. The Hall–Kier alpha value is -3.47. The predicted molar refractivity (Wildman–Crippen MR) is 103 cm³/mol. The highest BCUT2D eigenvalue weighted by atomic mass is 19.1. The van der Waals surface area contributed by atoms with Gasteiger partial charge in [0.05, 0.1) is 6.21 Å². The summed E-state index contributed by atoms with van der Waals surface area (Å²) in [5.41, 5.74) is 5.25. The minimum Gasteiger partial charge on any atom is -0.488 e. The Labute approximate surface area is 157 Å². The maximum Gasteiger partial charge on any atom is 0.271 e. The van der Waals surface area contributed by atoms with Gasteiger partial charge in [0.2, 0.25) is 0 Å². The number of carbonyl (C=O) groups excluding carboxylic acids is 1. The second-order valence-corrected chi connectivity index (χ2v) is 5.98. The second-order valence-electron chi connectivity index (χ2n) is 5.98. The Morgan fingerprint density at radius 3 is 2.52 bits per heavy atom. The van der Waals surface area contributed by atoms with E-state index >= 15 is 0 Å². The molecule has 3 aromatic carbocycles. The number of halogens is 1. The van der Waals surface area contributed by atoms with Crippen LogP contribution in [0.25, 0.3) is 0 Å². The van der Waals surface area contributed by atoms with E-state index in [1.165, 1.54) is 12.3 Å². The topological polar surface area (TPSA) is 50.7 Å². The highest BCUT2D eigenvalue weighted by molar-refractivity contribution is 5.95. The van der Waals surface area contributed by atoms with Crippen LogP contribution in [0, 0.1) is 12.7 Å². The van der Waals surface area contributed by atoms with Crippen LogP contribution in [0.15, 0.2) is 77.9 Å². The van der Waals surface area contributed by atoms with Gasteiger partial charge < -0.3 is 4.74 Å². The first kappa shape index (κ1) is 18.3. The number of aryl methyl sites for hydroxylation is 1. The quantitative estimate of drug-likeness (QED) is 0.519. The van der Waals surface area contributed by atoms with E-state index in [1.807, 2.05) is 31.2 Å². The average Bonchev–Trinajstić information content (AvgIpc) is 2.69. The van der Waals surface area contributed by atoms with Gasteiger partial charge in [-0.25, -0.2) is 9.82 Å². The van der Waals surface area contributed by atoms with Crippen molar-refractivity contribution in [2.75, 3.05) is 0 Å². The maximum atomic E-state index is 13.7.